The molecule has 0 aliphatic heterocycles. The molecule has 124 heavy (non-hydrogen) atoms. The molecule has 706 valence electrons. The molecular weight excluding hydrogens is 1520 g/mol. The number of benzene rings is 6. The predicted molar refractivity (Wildman–Crippen MR) is 553 cm³/mol. The Morgan fingerprint density at radius 2 is 0.847 bits per heavy atom. The molecule has 3 N–H and O–H groups in total. The first kappa shape index (κ1) is 115. The van der Waals surface area contributed by atoms with Crippen molar-refractivity contribution in [2.45, 2.75) is 265 Å². The van der Waals surface area contributed by atoms with Crippen LogP contribution in [0.2, 0.25) is 0 Å². The number of aryl methyl sites for hydroxylation is 3. The Labute approximate surface area is 768 Å². The molecule has 5 aliphatic rings. The normalized spacial score (nSPS) is 20.0. The van der Waals surface area contributed by atoms with Crippen LogP contribution in [-0.2, 0) is 25.9 Å². The lowest BCUT2D eigenvalue weighted by Crippen LogP contribution is -2.59. The molecule has 7 unspecified atom stereocenters. The maximum atomic E-state index is 3.81. The zero-order chi connectivity index (χ0) is 93.6. The number of fused-ring (bicyclic) bond motifs is 2. The summed E-state index contributed by atoms with van der Waals surface area (Å²) in [4.78, 5) is 23.0. The maximum absolute atomic E-state index is 3.81. The molecule has 13 heteroatoms. The van der Waals surface area contributed by atoms with Crippen LogP contribution in [0.15, 0.2) is 164 Å². The third-order valence-corrected chi connectivity index (χ3v) is 25.2. The van der Waals surface area contributed by atoms with Crippen molar-refractivity contribution in [1.82, 2.24) is 55.1 Å². The Balaban J connectivity index is 0.000000476. The van der Waals surface area contributed by atoms with E-state index in [-0.39, 0.29) is 5.54 Å². The van der Waals surface area contributed by atoms with E-state index in [2.05, 4.69) is 462 Å². The summed E-state index contributed by atoms with van der Waals surface area (Å²) in [7, 11) is 34.4. The van der Waals surface area contributed by atoms with Gasteiger partial charge in [0, 0.05) is 127 Å². The molecule has 0 heterocycles. The van der Waals surface area contributed by atoms with Crippen LogP contribution < -0.4 is 25.8 Å². The van der Waals surface area contributed by atoms with Crippen LogP contribution in [0.25, 0.3) is 0 Å². The zero-order valence-electron chi connectivity index (χ0n) is 87.5. The summed E-state index contributed by atoms with van der Waals surface area (Å²) < 4.78 is 0. The van der Waals surface area contributed by atoms with Gasteiger partial charge in [0.15, 0.2) is 0 Å². The molecule has 0 spiro atoms. The number of hydrogen-bond donors (Lipinski definition) is 3. The SMILES string of the molecule is CC(C)(C)CCNC1CCCCC1NCCC(C)(C)C.CC(C)(C)NCc1ccccc1.CC1C(N(C)C)C[C@@H]2CC1C2(C)C.CCN(CC)c1ccccc1.CN(C)CC1(C)CC(N(C)C)CC(C)(C)C1.CN(C)CCN(C)CCN(C)C.CN(C)Cc1ccccc1.CN(CCc1ccccc1)CCc1ccccc1.Cc1cc(C)c(N(C)C)c(C)c1. The van der Waals surface area contributed by atoms with Crippen molar-refractivity contribution >= 4 is 11.4 Å². The molecule has 11 rings (SSSR count). The fraction of sp³-hybridized carbons (Fsp3) is 0.676. The van der Waals surface area contributed by atoms with E-state index in [0.29, 0.717) is 39.2 Å². The minimum atomic E-state index is 0.204. The second kappa shape index (κ2) is 58.9. The molecule has 8 atom stereocenters. The molecule has 0 radical (unpaired) electrons. The number of anilines is 2. The van der Waals surface area contributed by atoms with Crippen molar-refractivity contribution < 1.29 is 0 Å². The van der Waals surface area contributed by atoms with Gasteiger partial charge >= 0.3 is 0 Å². The first-order valence-corrected chi connectivity index (χ1v) is 48.1. The Kier molecular flexibility index (Phi) is 54.4. The maximum Gasteiger partial charge on any atom is 0.0420 e. The Morgan fingerprint density at radius 1 is 0.444 bits per heavy atom. The minimum absolute atomic E-state index is 0.204. The molecular formula is C111H197N13. The van der Waals surface area contributed by atoms with E-state index in [9.17, 15) is 0 Å². The lowest BCUT2D eigenvalue weighted by Gasteiger charge is -2.63. The number of nitrogens with zero attached hydrogens (tertiary/aromatic N) is 10. The number of likely N-dealkylation sites (N-methyl/N-ethyl adjacent to an activating group) is 4. The van der Waals surface area contributed by atoms with Gasteiger partial charge in [-0.2, -0.15) is 0 Å². The van der Waals surface area contributed by atoms with E-state index in [4.69, 9.17) is 0 Å². The first-order valence-electron chi connectivity index (χ1n) is 48.1. The lowest BCUT2D eigenvalue weighted by atomic mass is 9.44. The summed E-state index contributed by atoms with van der Waals surface area (Å²) in [6.07, 6.45) is 17.2. The summed E-state index contributed by atoms with van der Waals surface area (Å²) in [5, 5.41) is 11.1. The van der Waals surface area contributed by atoms with E-state index >= 15 is 0 Å². The standard InChI is InChI=1S/C18H38N2.C17H21N.C14H30N2.C12H23N.2C11H17N.C10H15N.C9H23N3.C9H13N/c1-17(2,3)11-13-19-15-9-7-8-10-16(15)20-14-12-18(4,5)6;1-18(14-12-16-8-4-2-5-9-16)15-13-17-10-6-3-7-11-17;1-13(2)8-12(16(6)7)9-14(3,10-13)11-15(4)5;1-8-10-6-9(12(10,2)3)7-11(8)13(4)5;1-8-6-9(2)11(12(4)5)10(3)7-8;1-11(2,3)12-9-10-7-5-4-6-8-10;1-3-11(4-2)10-8-6-5-7-9-10;1-10(2)6-8-12(5)9-7-11(3)4;1-10(2)8-9-6-4-3-5-7-9/h15-16,19-20H,7-14H2,1-6H3;2-11H,12-15H2,1H3;12H,8-11H2,1-7H3;8-11H,6-7H2,1-5H3;6-7H,1-5H3;4-8,12H,9H2,1-3H3;5-9H,3-4H2,1-2H3;6-9H2,1-5H3;3-7H,8H2,1-2H3/t;;;8?,9-,10?,11?;;;;;/m...0...../s1. The van der Waals surface area contributed by atoms with Gasteiger partial charge in [-0.25, -0.2) is 0 Å². The second-order valence-corrected chi connectivity index (χ2v) is 44.1. The zero-order valence-corrected chi connectivity index (χ0v) is 87.5. The third kappa shape index (κ3) is 51.0. The van der Waals surface area contributed by atoms with Crippen LogP contribution in [0.3, 0.4) is 0 Å². The Morgan fingerprint density at radius 3 is 1.19 bits per heavy atom. The van der Waals surface area contributed by atoms with Gasteiger partial charge in [0.1, 0.15) is 0 Å². The number of para-hydroxylation sites is 1. The van der Waals surface area contributed by atoms with E-state index in [1.165, 1.54) is 127 Å². The molecule has 0 amide bonds. The van der Waals surface area contributed by atoms with Gasteiger partial charge in [-0.1, -0.05) is 253 Å². The summed E-state index contributed by atoms with van der Waals surface area (Å²) in [6, 6.07) is 60.2. The fourth-order valence-corrected chi connectivity index (χ4v) is 18.4. The van der Waals surface area contributed by atoms with Crippen molar-refractivity contribution in [3.63, 3.8) is 0 Å². The minimum Gasteiger partial charge on any atom is -0.377 e. The van der Waals surface area contributed by atoms with E-state index in [1.807, 2.05) is 18.2 Å². The Bertz CT molecular complexity index is 3480. The van der Waals surface area contributed by atoms with Crippen LogP contribution in [0.1, 0.15) is 227 Å². The van der Waals surface area contributed by atoms with Gasteiger partial charge in [-0.3, -0.25) is 0 Å². The highest BCUT2D eigenvalue weighted by molar-refractivity contribution is 5.59. The highest BCUT2D eigenvalue weighted by Crippen LogP contribution is 2.62. The van der Waals surface area contributed by atoms with E-state index in [1.54, 1.807) is 0 Å². The predicted octanol–water partition coefficient (Wildman–Crippen LogP) is 22.6. The van der Waals surface area contributed by atoms with Crippen LogP contribution >= 0.6 is 0 Å². The average molecular weight is 1710 g/mol. The van der Waals surface area contributed by atoms with Crippen molar-refractivity contribution in [3.05, 3.63) is 203 Å². The van der Waals surface area contributed by atoms with Gasteiger partial charge in [0.05, 0.1) is 0 Å². The van der Waals surface area contributed by atoms with Gasteiger partial charge in [0.2, 0.25) is 0 Å². The molecule has 6 aromatic carbocycles. The smallest absolute Gasteiger partial charge is 0.0420 e. The van der Waals surface area contributed by atoms with Crippen LogP contribution in [0.4, 0.5) is 11.4 Å². The van der Waals surface area contributed by atoms with E-state index < -0.39 is 0 Å². The highest BCUT2D eigenvalue weighted by atomic mass is 15.2. The summed E-state index contributed by atoms with van der Waals surface area (Å²) >= 11 is 0. The number of nitrogens with one attached hydrogen (secondary N) is 3. The first-order chi connectivity index (χ1) is 57.9. The Hall–Kier alpha value is -5.52. The molecule has 0 aromatic heterocycles. The van der Waals surface area contributed by atoms with Crippen LogP contribution in [-0.4, -0.2) is 254 Å². The fourth-order valence-electron chi connectivity index (χ4n) is 18.4. The van der Waals surface area contributed by atoms with Crippen LogP contribution in [0, 0.1) is 65.6 Å². The van der Waals surface area contributed by atoms with Crippen molar-refractivity contribution in [2.75, 3.05) is 195 Å². The number of rotatable bonds is 30. The van der Waals surface area contributed by atoms with Gasteiger partial charge in [0.25, 0.3) is 0 Å². The quantitative estimate of drug-likeness (QED) is 0.0401. The van der Waals surface area contributed by atoms with Crippen molar-refractivity contribution in [2.24, 2.45) is 44.8 Å². The third-order valence-electron chi connectivity index (χ3n) is 25.2. The molecule has 5 fully saturated rings. The highest BCUT2D eigenvalue weighted by Gasteiger charge is 2.56. The average Bonchev–Trinajstić information content (AvgIpc) is 0.724. The van der Waals surface area contributed by atoms with Crippen molar-refractivity contribution in [1.29, 1.82) is 0 Å². The molecule has 5 aliphatic carbocycles. The van der Waals surface area contributed by atoms with Crippen molar-refractivity contribution in [3.8, 4) is 0 Å². The summed E-state index contributed by atoms with van der Waals surface area (Å²) in [5.41, 5.74) is 15.0. The summed E-state index contributed by atoms with van der Waals surface area (Å²) in [6.45, 7) is 60.5. The molecule has 2 bridgehead atoms. The number of hydrogen-bond acceptors (Lipinski definition) is 13. The lowest BCUT2D eigenvalue weighted by molar-refractivity contribution is -0.132. The molecule has 13 nitrogen and oxygen atoms in total. The topological polar surface area (TPSA) is 68.5 Å². The van der Waals surface area contributed by atoms with Gasteiger partial charge < -0.3 is 64.9 Å². The molecule has 6 aromatic rings. The van der Waals surface area contributed by atoms with Gasteiger partial charge in [-0.05, 0) is 328 Å². The van der Waals surface area contributed by atoms with Crippen LogP contribution in [0.5, 0.6) is 0 Å². The molecule has 0 saturated heterocycles. The second-order valence-electron chi connectivity index (χ2n) is 44.1. The largest absolute Gasteiger partial charge is 0.377 e. The summed E-state index contributed by atoms with van der Waals surface area (Å²) in [5.74, 6) is 2.88. The van der Waals surface area contributed by atoms with E-state index in [0.717, 1.165) is 121 Å². The monoisotopic (exact) mass is 1710 g/mol. The van der Waals surface area contributed by atoms with Gasteiger partial charge in [-0.15, -0.1) is 0 Å². The molecule has 5 saturated carbocycles.